The van der Waals surface area contributed by atoms with E-state index in [0.717, 1.165) is 10.1 Å². The first-order valence-corrected chi connectivity index (χ1v) is 10.0. The predicted molar refractivity (Wildman–Crippen MR) is 119 cm³/mol. The van der Waals surface area contributed by atoms with Crippen LogP contribution < -0.4 is 16.6 Å². The molecular weight excluding hydrogens is 408 g/mol. The van der Waals surface area contributed by atoms with Gasteiger partial charge in [0.15, 0.2) is 11.2 Å². The number of nitrogens with one attached hydrogen (secondary N) is 1. The minimum atomic E-state index is -0.628. The first-order valence-electron chi connectivity index (χ1n) is 10.0. The van der Waals surface area contributed by atoms with Gasteiger partial charge < -0.3 is 9.88 Å². The number of carbonyl (C=O) groups is 1. The summed E-state index contributed by atoms with van der Waals surface area (Å²) in [4.78, 5) is 43.4. The number of nitriles is 1. The van der Waals surface area contributed by atoms with Crippen molar-refractivity contribution in [1.82, 2.24) is 18.7 Å². The van der Waals surface area contributed by atoms with Gasteiger partial charge in [0.1, 0.15) is 12.6 Å². The second kappa shape index (κ2) is 8.73. The SMILES string of the molecule is CCn1cnc2c1c(=O)n(CC(=O)Nc1ccccc1C#N)c(=O)n2Cc1ccccc1. The van der Waals surface area contributed by atoms with Crippen LogP contribution in [0.1, 0.15) is 18.1 Å². The van der Waals surface area contributed by atoms with E-state index in [1.807, 2.05) is 43.3 Å². The van der Waals surface area contributed by atoms with Crippen LogP contribution in [0.25, 0.3) is 11.2 Å². The van der Waals surface area contributed by atoms with Crippen LogP contribution in [0.4, 0.5) is 5.69 Å². The lowest BCUT2D eigenvalue weighted by molar-refractivity contribution is -0.116. The molecule has 0 aliphatic rings. The lowest BCUT2D eigenvalue weighted by atomic mass is 10.2. The van der Waals surface area contributed by atoms with Gasteiger partial charge >= 0.3 is 5.69 Å². The minimum Gasteiger partial charge on any atom is -0.325 e. The van der Waals surface area contributed by atoms with Crippen molar-refractivity contribution in [3.63, 3.8) is 0 Å². The topological polar surface area (TPSA) is 115 Å². The maximum atomic E-state index is 13.3. The van der Waals surface area contributed by atoms with Crippen LogP contribution in [-0.2, 0) is 24.4 Å². The van der Waals surface area contributed by atoms with E-state index in [2.05, 4.69) is 10.3 Å². The van der Waals surface area contributed by atoms with Gasteiger partial charge in [-0.15, -0.1) is 0 Å². The number of fused-ring (bicyclic) bond motifs is 1. The van der Waals surface area contributed by atoms with Gasteiger partial charge in [0.05, 0.1) is 24.1 Å². The molecule has 1 N–H and O–H groups in total. The molecule has 0 unspecified atom stereocenters. The maximum Gasteiger partial charge on any atom is 0.333 e. The van der Waals surface area contributed by atoms with Gasteiger partial charge in [-0.05, 0) is 24.6 Å². The maximum absolute atomic E-state index is 13.3. The third-order valence-electron chi connectivity index (χ3n) is 5.13. The van der Waals surface area contributed by atoms with E-state index >= 15 is 0 Å². The molecule has 9 heteroatoms. The average molecular weight is 428 g/mol. The normalized spacial score (nSPS) is 10.8. The van der Waals surface area contributed by atoms with Gasteiger partial charge in [0, 0.05) is 6.54 Å². The Morgan fingerprint density at radius 2 is 1.78 bits per heavy atom. The zero-order chi connectivity index (χ0) is 22.7. The predicted octanol–water partition coefficient (Wildman–Crippen LogP) is 1.94. The number of anilines is 1. The summed E-state index contributed by atoms with van der Waals surface area (Å²) in [6.45, 7) is 2.06. The first-order chi connectivity index (χ1) is 15.5. The van der Waals surface area contributed by atoms with E-state index in [0.29, 0.717) is 12.2 Å². The number of para-hydroxylation sites is 1. The lowest BCUT2D eigenvalue weighted by Crippen LogP contribution is -2.43. The fraction of sp³-hybridized carbons (Fsp3) is 0.174. The van der Waals surface area contributed by atoms with Crippen molar-refractivity contribution in [2.24, 2.45) is 0 Å². The number of amides is 1. The molecule has 4 aromatic rings. The monoisotopic (exact) mass is 428 g/mol. The number of aromatic nitrogens is 4. The Morgan fingerprint density at radius 1 is 1.06 bits per heavy atom. The summed E-state index contributed by atoms with van der Waals surface area (Å²) in [5.41, 5.74) is 0.783. The summed E-state index contributed by atoms with van der Waals surface area (Å²) in [5.74, 6) is -0.583. The van der Waals surface area contributed by atoms with Gasteiger partial charge in [-0.1, -0.05) is 42.5 Å². The third-order valence-corrected chi connectivity index (χ3v) is 5.13. The zero-order valence-electron chi connectivity index (χ0n) is 17.4. The number of nitrogens with zero attached hydrogens (tertiary/aromatic N) is 5. The van der Waals surface area contributed by atoms with Crippen molar-refractivity contribution in [3.05, 3.63) is 92.9 Å². The molecule has 32 heavy (non-hydrogen) atoms. The second-order valence-electron chi connectivity index (χ2n) is 7.15. The fourth-order valence-electron chi connectivity index (χ4n) is 3.55. The molecule has 2 heterocycles. The van der Waals surface area contributed by atoms with Crippen LogP contribution in [0, 0.1) is 11.3 Å². The Labute approximate surface area is 182 Å². The highest BCUT2D eigenvalue weighted by atomic mass is 16.2. The zero-order valence-corrected chi connectivity index (χ0v) is 17.4. The van der Waals surface area contributed by atoms with Crippen LogP contribution in [0.2, 0.25) is 0 Å². The molecule has 0 spiro atoms. The van der Waals surface area contributed by atoms with Gasteiger partial charge in [-0.25, -0.2) is 14.3 Å². The molecule has 9 nitrogen and oxygen atoms in total. The fourth-order valence-corrected chi connectivity index (χ4v) is 3.55. The Kier molecular flexibility index (Phi) is 5.68. The summed E-state index contributed by atoms with van der Waals surface area (Å²) >= 11 is 0. The molecule has 2 aromatic carbocycles. The highest BCUT2D eigenvalue weighted by Crippen LogP contribution is 2.14. The Hall–Kier alpha value is -4.45. The standard InChI is InChI=1S/C23H20N6O3/c1-2-27-15-25-21-20(27)22(31)29(23(32)28(21)13-16-8-4-3-5-9-16)14-19(30)26-18-11-7-6-10-17(18)12-24/h3-11,15H,2,13-14H2,1H3,(H,26,30). The molecule has 1 amide bonds. The molecule has 0 saturated carbocycles. The number of carbonyl (C=O) groups excluding carboxylic acids is 1. The van der Waals surface area contributed by atoms with Crippen molar-refractivity contribution >= 4 is 22.8 Å². The number of aryl methyl sites for hydroxylation is 1. The van der Waals surface area contributed by atoms with Crippen molar-refractivity contribution < 1.29 is 4.79 Å². The molecule has 0 bridgehead atoms. The van der Waals surface area contributed by atoms with Crippen LogP contribution in [0.15, 0.2) is 70.5 Å². The van der Waals surface area contributed by atoms with Crippen LogP contribution in [0.5, 0.6) is 0 Å². The van der Waals surface area contributed by atoms with E-state index in [1.165, 1.54) is 10.9 Å². The van der Waals surface area contributed by atoms with Crippen molar-refractivity contribution in [1.29, 1.82) is 5.26 Å². The molecule has 0 radical (unpaired) electrons. The van der Waals surface area contributed by atoms with E-state index in [9.17, 15) is 19.6 Å². The highest BCUT2D eigenvalue weighted by Gasteiger charge is 2.20. The summed E-state index contributed by atoms with van der Waals surface area (Å²) in [7, 11) is 0. The van der Waals surface area contributed by atoms with Crippen molar-refractivity contribution in [2.45, 2.75) is 26.6 Å². The number of benzene rings is 2. The summed E-state index contributed by atoms with van der Waals surface area (Å²) in [5, 5.41) is 11.8. The minimum absolute atomic E-state index is 0.204. The number of imidazole rings is 1. The number of hydrogen-bond donors (Lipinski definition) is 1. The molecule has 4 rings (SSSR count). The molecule has 160 valence electrons. The van der Waals surface area contributed by atoms with E-state index in [-0.39, 0.29) is 23.3 Å². The summed E-state index contributed by atoms with van der Waals surface area (Å²) in [6, 6.07) is 17.9. The van der Waals surface area contributed by atoms with Crippen molar-refractivity contribution in [2.75, 3.05) is 5.32 Å². The van der Waals surface area contributed by atoms with E-state index < -0.39 is 23.7 Å². The number of hydrogen-bond acceptors (Lipinski definition) is 5. The smallest absolute Gasteiger partial charge is 0.325 e. The largest absolute Gasteiger partial charge is 0.333 e. The average Bonchev–Trinajstić information content (AvgIpc) is 3.25. The molecule has 0 saturated heterocycles. The first kappa shape index (κ1) is 20.8. The van der Waals surface area contributed by atoms with Gasteiger partial charge in [-0.2, -0.15) is 5.26 Å². The molecule has 2 aromatic heterocycles. The Balaban J connectivity index is 1.78. The molecule has 0 aliphatic heterocycles. The van der Waals surface area contributed by atoms with Crippen LogP contribution in [0.3, 0.4) is 0 Å². The van der Waals surface area contributed by atoms with Crippen molar-refractivity contribution in [3.8, 4) is 6.07 Å². The van der Waals surface area contributed by atoms with Gasteiger partial charge in [-0.3, -0.25) is 14.2 Å². The number of rotatable bonds is 6. The van der Waals surface area contributed by atoms with Gasteiger partial charge in [0.25, 0.3) is 5.56 Å². The van der Waals surface area contributed by atoms with Crippen LogP contribution in [-0.4, -0.2) is 24.6 Å². The second-order valence-corrected chi connectivity index (χ2v) is 7.15. The Morgan fingerprint density at radius 3 is 2.50 bits per heavy atom. The summed E-state index contributed by atoms with van der Waals surface area (Å²) in [6.07, 6.45) is 1.51. The molecule has 0 aliphatic carbocycles. The van der Waals surface area contributed by atoms with E-state index in [4.69, 9.17) is 0 Å². The Bertz CT molecular complexity index is 1460. The highest BCUT2D eigenvalue weighted by molar-refractivity contribution is 5.92. The quantitative estimate of drug-likeness (QED) is 0.504. The lowest BCUT2D eigenvalue weighted by Gasteiger charge is -2.13. The molecular formula is C23H20N6O3. The van der Waals surface area contributed by atoms with Gasteiger partial charge in [0.2, 0.25) is 5.91 Å². The summed E-state index contributed by atoms with van der Waals surface area (Å²) < 4.78 is 3.95. The third kappa shape index (κ3) is 3.81. The van der Waals surface area contributed by atoms with Crippen LogP contribution >= 0.6 is 0 Å². The van der Waals surface area contributed by atoms with E-state index in [1.54, 1.807) is 28.8 Å². The molecule has 0 fully saturated rings. The molecule has 0 atom stereocenters.